The minimum Gasteiger partial charge on any atom is -0.507 e. The molecule has 1 unspecified atom stereocenters. The molecular formula is C12H16ClNO3. The van der Waals surface area contributed by atoms with Crippen molar-refractivity contribution in [1.29, 1.82) is 0 Å². The lowest BCUT2D eigenvalue weighted by Crippen LogP contribution is -2.40. The van der Waals surface area contributed by atoms with Gasteiger partial charge in [0, 0.05) is 11.6 Å². The molecule has 1 rings (SSSR count). The third-order valence-corrected chi connectivity index (χ3v) is 2.83. The Kier molecular flexibility index (Phi) is 4.37. The van der Waals surface area contributed by atoms with E-state index in [9.17, 15) is 15.0 Å². The van der Waals surface area contributed by atoms with E-state index in [-0.39, 0.29) is 17.9 Å². The zero-order valence-corrected chi connectivity index (χ0v) is 10.6. The Hall–Kier alpha value is -1.26. The lowest BCUT2D eigenvalue weighted by molar-refractivity contribution is 0.0517. The van der Waals surface area contributed by atoms with Gasteiger partial charge in [-0.1, -0.05) is 18.5 Å². The van der Waals surface area contributed by atoms with Crippen molar-refractivity contribution < 1.29 is 15.0 Å². The summed E-state index contributed by atoms with van der Waals surface area (Å²) in [5.41, 5.74) is -0.807. The van der Waals surface area contributed by atoms with Gasteiger partial charge in [0.05, 0.1) is 11.2 Å². The Morgan fingerprint density at radius 2 is 2.18 bits per heavy atom. The molecule has 0 fully saturated rings. The van der Waals surface area contributed by atoms with Crippen LogP contribution >= 0.6 is 11.6 Å². The quantitative estimate of drug-likeness (QED) is 0.772. The zero-order chi connectivity index (χ0) is 13.1. The number of hydrogen-bond donors (Lipinski definition) is 3. The van der Waals surface area contributed by atoms with E-state index in [0.717, 1.165) is 0 Å². The van der Waals surface area contributed by atoms with Gasteiger partial charge in [-0.25, -0.2) is 0 Å². The number of carbonyl (C=O) groups is 1. The van der Waals surface area contributed by atoms with Gasteiger partial charge in [0.1, 0.15) is 5.75 Å². The summed E-state index contributed by atoms with van der Waals surface area (Å²) in [6.07, 6.45) is 0.528. The van der Waals surface area contributed by atoms with E-state index in [2.05, 4.69) is 5.32 Å². The van der Waals surface area contributed by atoms with Gasteiger partial charge < -0.3 is 15.5 Å². The van der Waals surface area contributed by atoms with Crippen molar-refractivity contribution in [1.82, 2.24) is 5.32 Å². The molecule has 0 heterocycles. The van der Waals surface area contributed by atoms with Crippen molar-refractivity contribution in [2.24, 2.45) is 0 Å². The number of amides is 1. The molecule has 0 aliphatic heterocycles. The van der Waals surface area contributed by atoms with Crippen molar-refractivity contribution in [3.8, 4) is 5.75 Å². The smallest absolute Gasteiger partial charge is 0.255 e. The molecule has 1 aromatic carbocycles. The lowest BCUT2D eigenvalue weighted by atomic mass is 10.0. The van der Waals surface area contributed by atoms with Crippen LogP contribution < -0.4 is 5.32 Å². The van der Waals surface area contributed by atoms with Crippen LogP contribution in [-0.2, 0) is 0 Å². The number of aromatic hydroxyl groups is 1. The number of rotatable bonds is 4. The van der Waals surface area contributed by atoms with Gasteiger partial charge in [0.15, 0.2) is 0 Å². The Morgan fingerprint density at radius 3 is 2.71 bits per heavy atom. The van der Waals surface area contributed by atoms with Crippen molar-refractivity contribution in [2.75, 3.05) is 6.54 Å². The standard InChI is InChI=1S/C12H16ClNO3/c1-3-12(2,17)7-14-11(16)9-5-4-8(13)6-10(9)15/h4-6,15,17H,3,7H2,1-2H3,(H,14,16). The molecule has 0 saturated carbocycles. The molecular weight excluding hydrogens is 242 g/mol. The van der Waals surface area contributed by atoms with Crippen LogP contribution in [0.5, 0.6) is 5.75 Å². The van der Waals surface area contributed by atoms with E-state index in [0.29, 0.717) is 11.4 Å². The Morgan fingerprint density at radius 1 is 1.53 bits per heavy atom. The van der Waals surface area contributed by atoms with Crippen molar-refractivity contribution in [3.63, 3.8) is 0 Å². The number of hydrogen-bond acceptors (Lipinski definition) is 3. The lowest BCUT2D eigenvalue weighted by Gasteiger charge is -2.21. The molecule has 0 aliphatic rings. The van der Waals surface area contributed by atoms with Crippen LogP contribution in [0.15, 0.2) is 18.2 Å². The van der Waals surface area contributed by atoms with Crippen molar-refractivity contribution >= 4 is 17.5 Å². The highest BCUT2D eigenvalue weighted by molar-refractivity contribution is 6.30. The maximum atomic E-state index is 11.7. The topological polar surface area (TPSA) is 69.6 Å². The molecule has 0 bridgehead atoms. The molecule has 0 radical (unpaired) electrons. The Labute approximate surface area is 105 Å². The molecule has 5 heteroatoms. The van der Waals surface area contributed by atoms with Crippen molar-refractivity contribution in [2.45, 2.75) is 25.9 Å². The summed E-state index contributed by atoms with van der Waals surface area (Å²) in [6.45, 7) is 3.59. The second-order valence-corrected chi connectivity index (χ2v) is 4.63. The average molecular weight is 258 g/mol. The van der Waals surface area contributed by atoms with Crippen LogP contribution in [0.3, 0.4) is 0 Å². The van der Waals surface area contributed by atoms with Crippen LogP contribution in [0, 0.1) is 0 Å². The number of nitrogens with one attached hydrogen (secondary N) is 1. The van der Waals surface area contributed by atoms with E-state index in [4.69, 9.17) is 11.6 Å². The molecule has 1 aromatic rings. The third-order valence-electron chi connectivity index (χ3n) is 2.60. The summed E-state index contributed by atoms with van der Waals surface area (Å²) in [6, 6.07) is 4.26. The molecule has 3 N–H and O–H groups in total. The largest absolute Gasteiger partial charge is 0.507 e. The monoisotopic (exact) mass is 257 g/mol. The van der Waals surface area contributed by atoms with E-state index in [1.165, 1.54) is 18.2 Å². The summed E-state index contributed by atoms with van der Waals surface area (Å²) in [4.78, 5) is 11.7. The Balaban J connectivity index is 2.71. The van der Waals surface area contributed by atoms with Crippen molar-refractivity contribution in [3.05, 3.63) is 28.8 Å². The predicted molar refractivity (Wildman–Crippen MR) is 66.4 cm³/mol. The molecule has 1 atom stereocenters. The van der Waals surface area contributed by atoms with Crippen LogP contribution in [0.25, 0.3) is 0 Å². The number of carbonyl (C=O) groups excluding carboxylic acids is 1. The first-order chi connectivity index (χ1) is 7.85. The highest BCUT2D eigenvalue weighted by Gasteiger charge is 2.19. The maximum absolute atomic E-state index is 11.7. The summed E-state index contributed by atoms with van der Waals surface area (Å²) in [7, 11) is 0. The maximum Gasteiger partial charge on any atom is 0.255 e. The average Bonchev–Trinajstić information content (AvgIpc) is 2.26. The van der Waals surface area contributed by atoms with Gasteiger partial charge >= 0.3 is 0 Å². The summed E-state index contributed by atoms with van der Waals surface area (Å²) in [5.74, 6) is -0.612. The third kappa shape index (κ3) is 3.91. The van der Waals surface area contributed by atoms with Gasteiger partial charge in [-0.3, -0.25) is 4.79 Å². The fraction of sp³-hybridized carbons (Fsp3) is 0.417. The SMILES string of the molecule is CCC(C)(O)CNC(=O)c1ccc(Cl)cc1O. The highest BCUT2D eigenvalue weighted by atomic mass is 35.5. The number of phenolic OH excluding ortho intramolecular Hbond substituents is 1. The minimum atomic E-state index is -0.947. The molecule has 4 nitrogen and oxygen atoms in total. The van der Waals surface area contributed by atoms with E-state index >= 15 is 0 Å². The second kappa shape index (κ2) is 5.38. The molecule has 0 aromatic heterocycles. The summed E-state index contributed by atoms with van der Waals surface area (Å²) in [5, 5.41) is 22.2. The molecule has 17 heavy (non-hydrogen) atoms. The zero-order valence-electron chi connectivity index (χ0n) is 9.83. The molecule has 0 saturated heterocycles. The van der Waals surface area contributed by atoms with Gasteiger partial charge in [0.25, 0.3) is 5.91 Å². The van der Waals surface area contributed by atoms with Gasteiger partial charge in [0.2, 0.25) is 0 Å². The fourth-order valence-corrected chi connectivity index (χ4v) is 1.35. The van der Waals surface area contributed by atoms with Gasteiger partial charge in [-0.2, -0.15) is 0 Å². The Bertz CT molecular complexity index is 418. The summed E-state index contributed by atoms with van der Waals surface area (Å²) >= 11 is 5.66. The first kappa shape index (κ1) is 13.8. The number of phenols is 1. The molecule has 0 spiro atoms. The highest BCUT2D eigenvalue weighted by Crippen LogP contribution is 2.21. The normalized spacial score (nSPS) is 14.1. The fourth-order valence-electron chi connectivity index (χ4n) is 1.19. The van der Waals surface area contributed by atoms with Gasteiger partial charge in [-0.15, -0.1) is 0 Å². The van der Waals surface area contributed by atoms with Crippen LogP contribution in [-0.4, -0.2) is 28.3 Å². The molecule has 0 aliphatic carbocycles. The van der Waals surface area contributed by atoms with Gasteiger partial charge in [-0.05, 0) is 31.5 Å². The minimum absolute atomic E-state index is 0.129. The molecule has 1 amide bonds. The number of halogens is 1. The number of benzene rings is 1. The van der Waals surface area contributed by atoms with E-state index in [1.807, 2.05) is 6.92 Å². The predicted octanol–water partition coefficient (Wildman–Crippen LogP) is 1.94. The van der Waals surface area contributed by atoms with Crippen LogP contribution in [0.2, 0.25) is 5.02 Å². The van der Waals surface area contributed by atoms with Crippen LogP contribution in [0.4, 0.5) is 0 Å². The van der Waals surface area contributed by atoms with E-state index < -0.39 is 11.5 Å². The van der Waals surface area contributed by atoms with Crippen LogP contribution in [0.1, 0.15) is 30.6 Å². The molecule has 94 valence electrons. The summed E-state index contributed by atoms with van der Waals surface area (Å²) < 4.78 is 0. The number of aliphatic hydroxyl groups is 1. The second-order valence-electron chi connectivity index (χ2n) is 4.19. The first-order valence-electron chi connectivity index (χ1n) is 5.35. The first-order valence-corrected chi connectivity index (χ1v) is 5.72. The van der Waals surface area contributed by atoms with E-state index in [1.54, 1.807) is 6.92 Å².